The van der Waals surface area contributed by atoms with Crippen molar-refractivity contribution < 1.29 is 0 Å². The number of nitriles is 1. The minimum Gasteiger partial charge on any atom is -0.240 e. The monoisotopic (exact) mass is 273 g/mol. The lowest BCUT2D eigenvalue weighted by atomic mass is 10.00. The summed E-state index contributed by atoms with van der Waals surface area (Å²) in [6.07, 6.45) is 3.29. The van der Waals surface area contributed by atoms with Crippen molar-refractivity contribution in [1.29, 1.82) is 5.26 Å². The topological polar surface area (TPSA) is 49.6 Å². The maximum atomic E-state index is 9.18. The summed E-state index contributed by atoms with van der Waals surface area (Å²) in [4.78, 5) is 8.21. The van der Waals surface area contributed by atoms with Gasteiger partial charge in [0.15, 0.2) is 0 Å². The highest BCUT2D eigenvalue weighted by atomic mass is 79.9. The number of benzene rings is 1. The van der Waals surface area contributed by atoms with E-state index in [4.69, 9.17) is 0 Å². The second-order valence-electron chi connectivity index (χ2n) is 3.22. The van der Waals surface area contributed by atoms with Crippen LogP contribution in [-0.4, -0.2) is 9.97 Å². The van der Waals surface area contributed by atoms with Gasteiger partial charge >= 0.3 is 0 Å². The van der Waals surface area contributed by atoms with Crippen molar-refractivity contribution in [1.82, 2.24) is 9.97 Å². The fraction of sp³-hybridized carbons (Fsp3) is 0.0833. The Kier molecular flexibility index (Phi) is 3.28. The van der Waals surface area contributed by atoms with Gasteiger partial charge in [0.25, 0.3) is 0 Å². The van der Waals surface area contributed by atoms with E-state index >= 15 is 0 Å². The molecule has 78 valence electrons. The Labute approximate surface area is 102 Å². The summed E-state index contributed by atoms with van der Waals surface area (Å²) in [5, 5.41) is 9.18. The summed E-state index contributed by atoms with van der Waals surface area (Å²) in [5.41, 5.74) is 0.892. The zero-order chi connectivity index (χ0) is 11.4. The molecule has 0 aliphatic heterocycles. The van der Waals surface area contributed by atoms with Gasteiger partial charge in [-0.25, -0.2) is 9.97 Å². The minimum absolute atomic E-state index is 0.418. The number of halogens is 1. The zero-order valence-electron chi connectivity index (χ0n) is 8.34. The van der Waals surface area contributed by atoms with Crippen molar-refractivity contribution in [3.8, 4) is 6.07 Å². The average Bonchev–Trinajstić information content (AvgIpc) is 2.31. The molecule has 2 rings (SSSR count). The highest BCUT2D eigenvalue weighted by Crippen LogP contribution is 2.23. The van der Waals surface area contributed by atoms with E-state index in [0.717, 1.165) is 10.0 Å². The van der Waals surface area contributed by atoms with E-state index in [-0.39, 0.29) is 0 Å². The standard InChI is InChI=1S/C12H8BrN3/c13-10-4-1-3-9(7-10)11(8-14)12-15-5-2-6-16-12/h1-7,11H. The number of aromatic nitrogens is 2. The van der Waals surface area contributed by atoms with Gasteiger partial charge in [0.05, 0.1) is 6.07 Å². The Morgan fingerprint density at radius 1 is 1.19 bits per heavy atom. The Hall–Kier alpha value is -1.73. The van der Waals surface area contributed by atoms with Crippen LogP contribution in [0.2, 0.25) is 0 Å². The predicted octanol–water partition coefficient (Wildman–Crippen LogP) is 2.89. The van der Waals surface area contributed by atoms with Gasteiger partial charge in [0.2, 0.25) is 0 Å². The maximum absolute atomic E-state index is 9.18. The quantitative estimate of drug-likeness (QED) is 0.846. The molecule has 4 heteroatoms. The summed E-state index contributed by atoms with van der Waals surface area (Å²) >= 11 is 3.38. The summed E-state index contributed by atoms with van der Waals surface area (Å²) in [6, 6.07) is 11.6. The number of hydrogen-bond acceptors (Lipinski definition) is 3. The van der Waals surface area contributed by atoms with Gasteiger partial charge < -0.3 is 0 Å². The van der Waals surface area contributed by atoms with Gasteiger partial charge in [0.1, 0.15) is 11.7 Å². The van der Waals surface area contributed by atoms with Crippen LogP contribution < -0.4 is 0 Å². The molecule has 0 aliphatic rings. The molecule has 0 spiro atoms. The third-order valence-electron chi connectivity index (χ3n) is 2.16. The van der Waals surface area contributed by atoms with Crippen LogP contribution in [0.25, 0.3) is 0 Å². The molecule has 0 fully saturated rings. The van der Waals surface area contributed by atoms with Gasteiger partial charge in [-0.3, -0.25) is 0 Å². The number of rotatable bonds is 2. The molecule has 0 bridgehead atoms. The fourth-order valence-corrected chi connectivity index (χ4v) is 1.84. The predicted molar refractivity (Wildman–Crippen MR) is 63.6 cm³/mol. The first kappa shape index (κ1) is 10.8. The molecule has 3 nitrogen and oxygen atoms in total. The molecule has 0 saturated carbocycles. The van der Waals surface area contributed by atoms with Crippen molar-refractivity contribution >= 4 is 15.9 Å². The van der Waals surface area contributed by atoms with Crippen LogP contribution in [0.3, 0.4) is 0 Å². The van der Waals surface area contributed by atoms with Gasteiger partial charge in [-0.15, -0.1) is 0 Å². The first-order chi connectivity index (χ1) is 7.81. The summed E-state index contributed by atoms with van der Waals surface area (Å²) < 4.78 is 0.946. The van der Waals surface area contributed by atoms with E-state index in [2.05, 4.69) is 32.0 Å². The van der Waals surface area contributed by atoms with Crippen LogP contribution in [0.5, 0.6) is 0 Å². The van der Waals surface area contributed by atoms with Gasteiger partial charge in [-0.05, 0) is 23.8 Å². The minimum atomic E-state index is -0.418. The molecular formula is C12H8BrN3. The lowest BCUT2D eigenvalue weighted by Crippen LogP contribution is -2.03. The first-order valence-corrected chi connectivity index (χ1v) is 5.52. The average molecular weight is 274 g/mol. The molecule has 2 aromatic rings. The molecule has 0 N–H and O–H groups in total. The van der Waals surface area contributed by atoms with E-state index < -0.39 is 5.92 Å². The van der Waals surface area contributed by atoms with E-state index in [9.17, 15) is 5.26 Å². The summed E-state index contributed by atoms with van der Waals surface area (Å²) in [6.45, 7) is 0. The third kappa shape index (κ3) is 2.26. The van der Waals surface area contributed by atoms with Crippen LogP contribution in [0.15, 0.2) is 47.2 Å². The number of hydrogen-bond donors (Lipinski definition) is 0. The smallest absolute Gasteiger partial charge is 0.149 e. The van der Waals surface area contributed by atoms with Gasteiger partial charge in [0, 0.05) is 16.9 Å². The normalized spacial score (nSPS) is 11.8. The van der Waals surface area contributed by atoms with E-state index in [1.54, 1.807) is 18.5 Å². The summed E-state index contributed by atoms with van der Waals surface area (Å²) in [5.74, 6) is 0.113. The second kappa shape index (κ2) is 4.86. The first-order valence-electron chi connectivity index (χ1n) is 4.73. The van der Waals surface area contributed by atoms with Crippen LogP contribution >= 0.6 is 15.9 Å². The van der Waals surface area contributed by atoms with Crippen molar-refractivity contribution in [2.45, 2.75) is 5.92 Å². The molecule has 0 aliphatic carbocycles. The molecule has 1 aromatic carbocycles. The van der Waals surface area contributed by atoms with Crippen molar-refractivity contribution in [3.05, 3.63) is 58.6 Å². The Morgan fingerprint density at radius 3 is 2.56 bits per heavy atom. The molecular weight excluding hydrogens is 266 g/mol. The van der Waals surface area contributed by atoms with Crippen LogP contribution in [0.4, 0.5) is 0 Å². The molecule has 1 atom stereocenters. The van der Waals surface area contributed by atoms with Crippen molar-refractivity contribution in [3.63, 3.8) is 0 Å². The third-order valence-corrected chi connectivity index (χ3v) is 2.65. The number of nitrogens with zero attached hydrogens (tertiary/aromatic N) is 3. The largest absolute Gasteiger partial charge is 0.240 e. The summed E-state index contributed by atoms with van der Waals surface area (Å²) in [7, 11) is 0. The lowest BCUT2D eigenvalue weighted by molar-refractivity contribution is 0.889. The highest BCUT2D eigenvalue weighted by Gasteiger charge is 2.15. The molecule has 1 unspecified atom stereocenters. The van der Waals surface area contributed by atoms with Crippen molar-refractivity contribution in [2.75, 3.05) is 0 Å². The maximum Gasteiger partial charge on any atom is 0.149 e. The van der Waals surface area contributed by atoms with E-state index in [1.807, 2.05) is 24.3 Å². The fourth-order valence-electron chi connectivity index (χ4n) is 1.43. The van der Waals surface area contributed by atoms with Crippen LogP contribution in [0.1, 0.15) is 17.3 Å². The van der Waals surface area contributed by atoms with E-state index in [0.29, 0.717) is 5.82 Å². The van der Waals surface area contributed by atoms with Crippen molar-refractivity contribution in [2.24, 2.45) is 0 Å². The second-order valence-corrected chi connectivity index (χ2v) is 4.14. The Balaban J connectivity index is 2.42. The SMILES string of the molecule is N#CC(c1cccc(Br)c1)c1ncccn1. The Bertz CT molecular complexity index is 519. The lowest BCUT2D eigenvalue weighted by Gasteiger charge is -2.07. The van der Waals surface area contributed by atoms with Gasteiger partial charge in [-0.2, -0.15) is 5.26 Å². The molecule has 16 heavy (non-hydrogen) atoms. The highest BCUT2D eigenvalue weighted by molar-refractivity contribution is 9.10. The molecule has 0 saturated heterocycles. The molecule has 1 aromatic heterocycles. The Morgan fingerprint density at radius 2 is 1.94 bits per heavy atom. The zero-order valence-corrected chi connectivity index (χ0v) is 9.92. The molecule has 1 heterocycles. The van der Waals surface area contributed by atoms with Crippen LogP contribution in [-0.2, 0) is 0 Å². The van der Waals surface area contributed by atoms with E-state index in [1.165, 1.54) is 0 Å². The van der Waals surface area contributed by atoms with Crippen LogP contribution in [0, 0.1) is 11.3 Å². The molecule has 0 amide bonds. The molecule has 0 radical (unpaired) electrons. The van der Waals surface area contributed by atoms with Gasteiger partial charge in [-0.1, -0.05) is 28.1 Å².